The number of hydrogen-bond donors (Lipinski definition) is 0. The van der Waals surface area contributed by atoms with Crippen LogP contribution in [0.4, 0.5) is 8.78 Å². The molecular formula is C20H23F2NO3. The second kappa shape index (κ2) is 8.45. The molecule has 0 bridgehead atoms. The summed E-state index contributed by atoms with van der Waals surface area (Å²) in [5, 5.41) is 0. The van der Waals surface area contributed by atoms with Gasteiger partial charge in [-0.15, -0.1) is 0 Å². The summed E-state index contributed by atoms with van der Waals surface area (Å²) in [6, 6.07) is 7.33. The summed E-state index contributed by atoms with van der Waals surface area (Å²) in [7, 11) is 1.57. The fourth-order valence-electron chi connectivity index (χ4n) is 3.47. The van der Waals surface area contributed by atoms with Gasteiger partial charge in [0.2, 0.25) is 0 Å². The van der Waals surface area contributed by atoms with Gasteiger partial charge in [0.1, 0.15) is 24.0 Å². The number of rotatable bonds is 6. The SMILES string of the molecule is COCc1ccc(C(=O)N2CCC[C@H](CCc3c(F)cccc3F)C2)o1. The number of piperidine rings is 1. The minimum atomic E-state index is -0.505. The summed E-state index contributed by atoms with van der Waals surface area (Å²) in [5.74, 6) is -0.0171. The molecule has 2 heterocycles. The second-order valence-corrected chi connectivity index (χ2v) is 6.70. The quantitative estimate of drug-likeness (QED) is 0.773. The van der Waals surface area contributed by atoms with Crippen molar-refractivity contribution in [2.45, 2.75) is 32.3 Å². The monoisotopic (exact) mass is 363 g/mol. The van der Waals surface area contributed by atoms with Crippen LogP contribution in [0.2, 0.25) is 0 Å². The van der Waals surface area contributed by atoms with E-state index in [0.717, 1.165) is 12.8 Å². The lowest BCUT2D eigenvalue weighted by atomic mass is 9.91. The molecular weight excluding hydrogens is 340 g/mol. The highest BCUT2D eigenvalue weighted by molar-refractivity contribution is 5.91. The van der Waals surface area contributed by atoms with Crippen LogP contribution >= 0.6 is 0 Å². The Kier molecular flexibility index (Phi) is 6.04. The highest BCUT2D eigenvalue weighted by atomic mass is 19.1. The van der Waals surface area contributed by atoms with Crippen LogP contribution in [0.3, 0.4) is 0 Å². The Hall–Kier alpha value is -2.21. The molecule has 4 nitrogen and oxygen atoms in total. The zero-order valence-electron chi connectivity index (χ0n) is 14.8. The van der Waals surface area contributed by atoms with E-state index in [1.807, 2.05) is 0 Å². The van der Waals surface area contributed by atoms with Crippen molar-refractivity contribution in [3.8, 4) is 0 Å². The molecule has 1 saturated heterocycles. The molecule has 1 amide bonds. The van der Waals surface area contributed by atoms with E-state index in [0.29, 0.717) is 44.1 Å². The lowest BCUT2D eigenvalue weighted by Gasteiger charge is -2.32. The van der Waals surface area contributed by atoms with Gasteiger partial charge in [0.05, 0.1) is 0 Å². The summed E-state index contributed by atoms with van der Waals surface area (Å²) in [6.07, 6.45) is 2.81. The van der Waals surface area contributed by atoms with Crippen molar-refractivity contribution >= 4 is 5.91 Å². The maximum atomic E-state index is 13.8. The normalized spacial score (nSPS) is 17.5. The van der Waals surface area contributed by atoms with Crippen LogP contribution in [0, 0.1) is 17.6 Å². The molecule has 1 aromatic heterocycles. The van der Waals surface area contributed by atoms with Gasteiger partial charge < -0.3 is 14.1 Å². The molecule has 1 aromatic carbocycles. The average Bonchev–Trinajstić information content (AvgIpc) is 3.10. The smallest absolute Gasteiger partial charge is 0.289 e. The van der Waals surface area contributed by atoms with Crippen molar-refractivity contribution in [2.24, 2.45) is 5.92 Å². The third-order valence-electron chi connectivity index (χ3n) is 4.83. The van der Waals surface area contributed by atoms with Gasteiger partial charge in [-0.2, -0.15) is 0 Å². The Bertz CT molecular complexity index is 739. The van der Waals surface area contributed by atoms with Crippen LogP contribution in [0.5, 0.6) is 0 Å². The first-order valence-electron chi connectivity index (χ1n) is 8.88. The van der Waals surface area contributed by atoms with Crippen LogP contribution in [-0.2, 0) is 17.8 Å². The molecule has 0 spiro atoms. The molecule has 0 aliphatic carbocycles. The standard InChI is InChI=1S/C20H23F2NO3/c1-25-13-15-8-10-19(26-15)20(24)23-11-3-4-14(12-23)7-9-16-17(21)5-2-6-18(16)22/h2,5-6,8,10,14H,3-4,7,9,11-13H2,1H3/t14-/m1/s1. The number of methoxy groups -OCH3 is 1. The third-order valence-corrected chi connectivity index (χ3v) is 4.83. The topological polar surface area (TPSA) is 42.7 Å². The molecule has 0 unspecified atom stereocenters. The summed E-state index contributed by atoms with van der Waals surface area (Å²) < 4.78 is 38.1. The summed E-state index contributed by atoms with van der Waals surface area (Å²) in [5.41, 5.74) is 0.131. The number of hydrogen-bond acceptors (Lipinski definition) is 3. The first-order chi connectivity index (χ1) is 12.6. The van der Waals surface area contributed by atoms with Crippen LogP contribution in [0.25, 0.3) is 0 Å². The van der Waals surface area contributed by atoms with Crippen LogP contribution in [0.1, 0.15) is 41.1 Å². The summed E-state index contributed by atoms with van der Waals surface area (Å²) in [4.78, 5) is 14.4. The number of carbonyl (C=O) groups excluding carboxylic acids is 1. The number of carbonyl (C=O) groups is 1. The molecule has 0 saturated carbocycles. The van der Waals surface area contributed by atoms with E-state index < -0.39 is 11.6 Å². The number of benzene rings is 1. The molecule has 1 aliphatic rings. The van der Waals surface area contributed by atoms with Gasteiger partial charge in [0.15, 0.2) is 5.76 Å². The van der Waals surface area contributed by atoms with E-state index in [1.54, 1.807) is 24.1 Å². The van der Waals surface area contributed by atoms with Crippen LogP contribution in [0.15, 0.2) is 34.7 Å². The lowest BCUT2D eigenvalue weighted by molar-refractivity contribution is 0.0629. The molecule has 3 rings (SSSR count). The van der Waals surface area contributed by atoms with E-state index in [2.05, 4.69) is 0 Å². The minimum absolute atomic E-state index is 0.131. The number of likely N-dealkylation sites (tertiary alicyclic amines) is 1. The maximum absolute atomic E-state index is 13.8. The van der Waals surface area contributed by atoms with Crippen molar-refractivity contribution in [1.29, 1.82) is 0 Å². The number of furan rings is 1. The van der Waals surface area contributed by atoms with Gasteiger partial charge in [-0.25, -0.2) is 8.78 Å². The van der Waals surface area contributed by atoms with E-state index in [9.17, 15) is 13.6 Å². The van der Waals surface area contributed by atoms with E-state index in [4.69, 9.17) is 9.15 Å². The highest BCUT2D eigenvalue weighted by Gasteiger charge is 2.26. The van der Waals surface area contributed by atoms with Gasteiger partial charge in [-0.05, 0) is 55.9 Å². The van der Waals surface area contributed by atoms with E-state index >= 15 is 0 Å². The molecule has 0 radical (unpaired) electrons. The van der Waals surface area contributed by atoms with Gasteiger partial charge in [-0.1, -0.05) is 6.07 Å². The molecule has 6 heteroatoms. The Labute approximate surface area is 151 Å². The maximum Gasteiger partial charge on any atom is 0.289 e. The van der Waals surface area contributed by atoms with Crippen molar-refractivity contribution < 1.29 is 22.7 Å². The predicted octanol–water partition coefficient (Wildman–Crippen LogP) is 4.19. The molecule has 1 atom stereocenters. The van der Waals surface area contributed by atoms with Crippen molar-refractivity contribution in [3.63, 3.8) is 0 Å². The Morgan fingerprint density at radius 3 is 2.77 bits per heavy atom. The first kappa shape index (κ1) is 18.6. The Balaban J connectivity index is 1.59. The molecule has 1 fully saturated rings. The summed E-state index contributed by atoms with van der Waals surface area (Å²) >= 11 is 0. The largest absolute Gasteiger partial charge is 0.453 e. The fourth-order valence-corrected chi connectivity index (χ4v) is 3.47. The van der Waals surface area contributed by atoms with Crippen molar-refractivity contribution in [1.82, 2.24) is 4.90 Å². The van der Waals surface area contributed by atoms with Gasteiger partial charge >= 0.3 is 0 Å². The second-order valence-electron chi connectivity index (χ2n) is 6.70. The third kappa shape index (κ3) is 4.30. The molecule has 1 aliphatic heterocycles. The first-order valence-corrected chi connectivity index (χ1v) is 8.88. The van der Waals surface area contributed by atoms with Crippen LogP contribution in [-0.4, -0.2) is 31.0 Å². The molecule has 0 N–H and O–H groups in total. The average molecular weight is 363 g/mol. The van der Waals surface area contributed by atoms with E-state index in [1.165, 1.54) is 18.2 Å². The Morgan fingerprint density at radius 1 is 1.27 bits per heavy atom. The van der Waals surface area contributed by atoms with Crippen molar-refractivity contribution in [2.75, 3.05) is 20.2 Å². The number of amides is 1. The van der Waals surface area contributed by atoms with Crippen LogP contribution < -0.4 is 0 Å². The highest BCUT2D eigenvalue weighted by Crippen LogP contribution is 2.25. The molecule has 2 aromatic rings. The lowest BCUT2D eigenvalue weighted by Crippen LogP contribution is -2.40. The zero-order valence-corrected chi connectivity index (χ0v) is 14.8. The zero-order chi connectivity index (χ0) is 18.5. The molecule has 140 valence electrons. The Morgan fingerprint density at radius 2 is 2.04 bits per heavy atom. The van der Waals surface area contributed by atoms with Crippen molar-refractivity contribution in [3.05, 3.63) is 59.1 Å². The van der Waals surface area contributed by atoms with Gasteiger partial charge in [-0.3, -0.25) is 4.79 Å². The van der Waals surface area contributed by atoms with Gasteiger partial charge in [0, 0.05) is 25.8 Å². The van der Waals surface area contributed by atoms with Gasteiger partial charge in [0.25, 0.3) is 5.91 Å². The summed E-state index contributed by atoms with van der Waals surface area (Å²) in [6.45, 7) is 1.57. The van der Waals surface area contributed by atoms with E-state index in [-0.39, 0.29) is 17.4 Å². The predicted molar refractivity (Wildman–Crippen MR) is 92.7 cm³/mol. The number of ether oxygens (including phenoxy) is 1. The fraction of sp³-hybridized carbons (Fsp3) is 0.450. The number of nitrogens with zero attached hydrogens (tertiary/aromatic N) is 1. The minimum Gasteiger partial charge on any atom is -0.453 e. The molecule has 26 heavy (non-hydrogen) atoms. The number of halogens is 2.